The van der Waals surface area contributed by atoms with Crippen LogP contribution in [0.2, 0.25) is 0 Å². The van der Waals surface area contributed by atoms with Gasteiger partial charge in [0.25, 0.3) is 0 Å². The van der Waals surface area contributed by atoms with Crippen LogP contribution in [0.5, 0.6) is 0 Å². The van der Waals surface area contributed by atoms with Crippen LogP contribution in [0, 0.1) is 5.92 Å². The van der Waals surface area contributed by atoms with Crippen LogP contribution in [-0.2, 0) is 12.8 Å². The number of hydrogen-bond donors (Lipinski definition) is 1. The van der Waals surface area contributed by atoms with Gasteiger partial charge < -0.3 is 5.73 Å². The summed E-state index contributed by atoms with van der Waals surface area (Å²) in [5, 5.41) is 3.47. The van der Waals surface area contributed by atoms with Crippen molar-refractivity contribution in [2.24, 2.45) is 11.7 Å². The van der Waals surface area contributed by atoms with E-state index >= 15 is 0 Å². The number of thiazole rings is 1. The summed E-state index contributed by atoms with van der Waals surface area (Å²) >= 11 is 1.80. The average molecular weight is 196 g/mol. The highest BCUT2D eigenvalue weighted by atomic mass is 32.1. The Morgan fingerprint density at radius 1 is 1.62 bits per heavy atom. The molecule has 0 aromatic carbocycles. The summed E-state index contributed by atoms with van der Waals surface area (Å²) in [6.07, 6.45) is 4.60. The lowest BCUT2D eigenvalue weighted by Gasteiger charge is -2.31. The number of hydrogen-bond acceptors (Lipinski definition) is 3. The van der Waals surface area contributed by atoms with E-state index in [0.717, 1.165) is 18.8 Å². The first kappa shape index (κ1) is 9.16. The fourth-order valence-electron chi connectivity index (χ4n) is 1.81. The normalized spacial score (nSPS) is 27.2. The van der Waals surface area contributed by atoms with Gasteiger partial charge in [0, 0.05) is 17.8 Å². The van der Waals surface area contributed by atoms with E-state index < -0.39 is 0 Å². The van der Waals surface area contributed by atoms with Crippen LogP contribution in [0.15, 0.2) is 5.38 Å². The minimum Gasteiger partial charge on any atom is -0.328 e. The number of aromatic nitrogens is 1. The van der Waals surface area contributed by atoms with Crippen molar-refractivity contribution in [1.29, 1.82) is 0 Å². The number of nitrogens with zero attached hydrogens (tertiary/aromatic N) is 1. The van der Waals surface area contributed by atoms with Crippen LogP contribution >= 0.6 is 11.3 Å². The Hall–Kier alpha value is -0.410. The molecule has 1 aromatic heterocycles. The SMILES string of the molecule is CCc1csc(CC2CC(N)C2)n1. The van der Waals surface area contributed by atoms with E-state index in [-0.39, 0.29) is 0 Å². The predicted molar refractivity (Wildman–Crippen MR) is 55.9 cm³/mol. The maximum Gasteiger partial charge on any atom is 0.0931 e. The van der Waals surface area contributed by atoms with E-state index in [4.69, 9.17) is 5.73 Å². The lowest BCUT2D eigenvalue weighted by atomic mass is 9.79. The van der Waals surface area contributed by atoms with Gasteiger partial charge >= 0.3 is 0 Å². The molecule has 0 saturated heterocycles. The molecule has 2 nitrogen and oxygen atoms in total. The second-order valence-electron chi connectivity index (χ2n) is 3.89. The molecule has 0 amide bonds. The molecule has 1 aromatic rings. The molecule has 0 unspecified atom stereocenters. The Morgan fingerprint density at radius 2 is 2.38 bits per heavy atom. The second-order valence-corrected chi connectivity index (χ2v) is 4.83. The second kappa shape index (κ2) is 3.76. The fourth-order valence-corrected chi connectivity index (χ4v) is 2.80. The van der Waals surface area contributed by atoms with Gasteiger partial charge in [0.2, 0.25) is 0 Å². The Bertz CT molecular complexity index is 276. The molecule has 1 heterocycles. The van der Waals surface area contributed by atoms with E-state index in [9.17, 15) is 0 Å². The molecule has 2 rings (SSSR count). The lowest BCUT2D eigenvalue weighted by Crippen LogP contribution is -2.37. The Morgan fingerprint density at radius 3 is 2.92 bits per heavy atom. The fraction of sp³-hybridized carbons (Fsp3) is 0.700. The average Bonchev–Trinajstić information content (AvgIpc) is 2.50. The molecule has 0 bridgehead atoms. The largest absolute Gasteiger partial charge is 0.328 e. The first-order valence-corrected chi connectivity index (χ1v) is 5.84. The van der Waals surface area contributed by atoms with Crippen molar-refractivity contribution in [2.75, 3.05) is 0 Å². The van der Waals surface area contributed by atoms with Crippen LogP contribution in [0.25, 0.3) is 0 Å². The Balaban J connectivity index is 1.87. The van der Waals surface area contributed by atoms with E-state index in [2.05, 4.69) is 17.3 Å². The standard InChI is InChI=1S/C10H16N2S/c1-2-9-6-13-10(12-9)5-7-3-8(11)4-7/h6-8H,2-5,11H2,1H3. The molecule has 0 atom stereocenters. The summed E-state index contributed by atoms with van der Waals surface area (Å²) in [5.74, 6) is 0.811. The highest BCUT2D eigenvalue weighted by molar-refractivity contribution is 7.09. The zero-order valence-electron chi connectivity index (χ0n) is 7.99. The van der Waals surface area contributed by atoms with Crippen LogP contribution in [0.3, 0.4) is 0 Å². The lowest BCUT2D eigenvalue weighted by molar-refractivity contribution is 0.264. The third-order valence-corrected chi connectivity index (χ3v) is 3.62. The summed E-state index contributed by atoms with van der Waals surface area (Å²) in [5.41, 5.74) is 6.98. The molecule has 13 heavy (non-hydrogen) atoms. The molecule has 0 spiro atoms. The van der Waals surface area contributed by atoms with Gasteiger partial charge in [0.15, 0.2) is 0 Å². The van der Waals surface area contributed by atoms with E-state index in [1.54, 1.807) is 11.3 Å². The zero-order chi connectivity index (χ0) is 9.26. The van der Waals surface area contributed by atoms with Crippen molar-refractivity contribution < 1.29 is 0 Å². The monoisotopic (exact) mass is 196 g/mol. The van der Waals surface area contributed by atoms with Gasteiger partial charge in [0.05, 0.1) is 10.7 Å². The van der Waals surface area contributed by atoms with E-state index in [1.807, 2.05) is 0 Å². The number of nitrogens with two attached hydrogens (primary N) is 1. The van der Waals surface area contributed by atoms with Gasteiger partial charge in [-0.15, -0.1) is 11.3 Å². The molecule has 1 aliphatic rings. The molecule has 0 aliphatic heterocycles. The van der Waals surface area contributed by atoms with Crippen molar-refractivity contribution in [3.63, 3.8) is 0 Å². The van der Waals surface area contributed by atoms with E-state index in [0.29, 0.717) is 6.04 Å². The topological polar surface area (TPSA) is 38.9 Å². The molecule has 0 radical (unpaired) electrons. The minimum absolute atomic E-state index is 0.468. The van der Waals surface area contributed by atoms with Crippen molar-refractivity contribution in [2.45, 2.75) is 38.6 Å². The molecule has 1 aliphatic carbocycles. The van der Waals surface area contributed by atoms with Gasteiger partial charge in [-0.2, -0.15) is 0 Å². The zero-order valence-corrected chi connectivity index (χ0v) is 8.81. The van der Waals surface area contributed by atoms with Crippen LogP contribution < -0.4 is 5.73 Å². The molecule has 3 heteroatoms. The smallest absolute Gasteiger partial charge is 0.0931 e. The molecule has 2 N–H and O–H groups in total. The third kappa shape index (κ3) is 2.09. The molecule has 72 valence electrons. The first-order valence-electron chi connectivity index (χ1n) is 4.96. The minimum atomic E-state index is 0.468. The molecule has 1 fully saturated rings. The van der Waals surface area contributed by atoms with Gasteiger partial charge in [0.1, 0.15) is 0 Å². The van der Waals surface area contributed by atoms with Crippen molar-refractivity contribution in [3.05, 3.63) is 16.1 Å². The summed E-state index contributed by atoms with van der Waals surface area (Å²) in [4.78, 5) is 4.55. The van der Waals surface area contributed by atoms with Crippen molar-refractivity contribution in [3.8, 4) is 0 Å². The number of aryl methyl sites for hydroxylation is 1. The maximum absolute atomic E-state index is 5.74. The summed E-state index contributed by atoms with van der Waals surface area (Å²) in [6, 6.07) is 0.468. The number of rotatable bonds is 3. The molecular formula is C10H16N2S. The quantitative estimate of drug-likeness (QED) is 0.803. The summed E-state index contributed by atoms with van der Waals surface area (Å²) in [7, 11) is 0. The van der Waals surface area contributed by atoms with Gasteiger partial charge in [-0.25, -0.2) is 4.98 Å². The third-order valence-electron chi connectivity index (χ3n) is 2.70. The van der Waals surface area contributed by atoms with Crippen LogP contribution in [0.4, 0.5) is 0 Å². The highest BCUT2D eigenvalue weighted by Gasteiger charge is 2.26. The van der Waals surface area contributed by atoms with Crippen molar-refractivity contribution in [1.82, 2.24) is 4.98 Å². The van der Waals surface area contributed by atoms with Gasteiger partial charge in [-0.05, 0) is 25.2 Å². The van der Waals surface area contributed by atoms with Crippen LogP contribution in [0.1, 0.15) is 30.5 Å². The molecular weight excluding hydrogens is 180 g/mol. The summed E-state index contributed by atoms with van der Waals surface area (Å²) in [6.45, 7) is 2.15. The van der Waals surface area contributed by atoms with Gasteiger partial charge in [-0.3, -0.25) is 0 Å². The maximum atomic E-state index is 5.74. The molecule has 1 saturated carbocycles. The predicted octanol–water partition coefficient (Wildman–Crippen LogP) is 1.99. The van der Waals surface area contributed by atoms with Crippen molar-refractivity contribution >= 4 is 11.3 Å². The van der Waals surface area contributed by atoms with Crippen LogP contribution in [-0.4, -0.2) is 11.0 Å². The van der Waals surface area contributed by atoms with Gasteiger partial charge in [-0.1, -0.05) is 6.92 Å². The Labute approximate surface area is 83.2 Å². The highest BCUT2D eigenvalue weighted by Crippen LogP contribution is 2.29. The van der Waals surface area contributed by atoms with E-state index in [1.165, 1.54) is 23.5 Å². The first-order chi connectivity index (χ1) is 6.28. The summed E-state index contributed by atoms with van der Waals surface area (Å²) < 4.78 is 0. The Kier molecular flexibility index (Phi) is 2.65.